The number of benzene rings is 2. The number of para-hydroxylation sites is 1. The van der Waals surface area contributed by atoms with Gasteiger partial charge in [-0.05, 0) is 36.8 Å². The zero-order valence-corrected chi connectivity index (χ0v) is 12.7. The Morgan fingerprint density at radius 3 is 2.30 bits per heavy atom. The van der Waals surface area contributed by atoms with Crippen molar-refractivity contribution in [2.24, 2.45) is 0 Å². The molecular formula is C18H16O5. The van der Waals surface area contributed by atoms with Crippen LogP contribution in [0.2, 0.25) is 0 Å². The minimum Gasteiger partial charge on any atom is -0.457 e. The summed E-state index contributed by atoms with van der Waals surface area (Å²) < 4.78 is 15.2. The lowest BCUT2D eigenvalue weighted by atomic mass is 10.2. The van der Waals surface area contributed by atoms with E-state index in [1.165, 1.54) is 0 Å². The fraction of sp³-hybridized carbons (Fsp3) is 0.111. The Bertz CT molecular complexity index is 706. The van der Waals surface area contributed by atoms with E-state index >= 15 is 0 Å². The molecule has 0 saturated carbocycles. The first-order valence-corrected chi connectivity index (χ1v) is 6.91. The molecule has 0 aliphatic heterocycles. The van der Waals surface area contributed by atoms with Crippen LogP contribution in [0.25, 0.3) is 0 Å². The summed E-state index contributed by atoms with van der Waals surface area (Å²) in [5.74, 6) is 0.221. The highest BCUT2D eigenvalue weighted by atomic mass is 16.7. The molecule has 0 amide bonds. The fourth-order valence-corrected chi connectivity index (χ4v) is 1.67. The van der Waals surface area contributed by atoms with E-state index in [4.69, 9.17) is 14.2 Å². The monoisotopic (exact) mass is 312 g/mol. The highest BCUT2D eigenvalue weighted by Gasteiger charge is 2.09. The average molecular weight is 312 g/mol. The van der Waals surface area contributed by atoms with E-state index in [9.17, 15) is 9.59 Å². The number of carbonyl (C=O) groups is 2. The number of esters is 1. The Labute approximate surface area is 134 Å². The van der Waals surface area contributed by atoms with Crippen LogP contribution in [0.4, 0.5) is 4.79 Å². The summed E-state index contributed by atoms with van der Waals surface area (Å²) in [5, 5.41) is 0. The lowest BCUT2D eigenvalue weighted by Crippen LogP contribution is -2.13. The normalized spacial score (nSPS) is 9.78. The first-order valence-electron chi connectivity index (χ1n) is 6.91. The number of hydrogen-bond acceptors (Lipinski definition) is 5. The van der Waals surface area contributed by atoms with E-state index in [1.807, 2.05) is 6.07 Å². The topological polar surface area (TPSA) is 61.8 Å². The summed E-state index contributed by atoms with van der Waals surface area (Å²) in [5.41, 5.74) is 1.01. The van der Waals surface area contributed by atoms with E-state index in [0.29, 0.717) is 22.6 Å². The van der Waals surface area contributed by atoms with Crippen LogP contribution >= 0.6 is 0 Å². The van der Waals surface area contributed by atoms with Gasteiger partial charge in [0, 0.05) is 5.57 Å². The van der Waals surface area contributed by atoms with Crippen LogP contribution in [0.3, 0.4) is 0 Å². The third kappa shape index (κ3) is 5.32. The molecule has 0 N–H and O–H groups in total. The van der Waals surface area contributed by atoms with Gasteiger partial charge >= 0.3 is 12.1 Å². The van der Waals surface area contributed by atoms with Crippen molar-refractivity contribution in [2.45, 2.75) is 13.5 Å². The predicted octanol–water partition coefficient (Wildman–Crippen LogP) is 3.88. The maximum Gasteiger partial charge on any atom is 0.519 e. The molecule has 0 radical (unpaired) electrons. The molecule has 5 nitrogen and oxygen atoms in total. The van der Waals surface area contributed by atoms with Gasteiger partial charge in [0.2, 0.25) is 0 Å². The van der Waals surface area contributed by atoms with Gasteiger partial charge in [-0.1, -0.05) is 36.9 Å². The smallest absolute Gasteiger partial charge is 0.457 e. The molecule has 0 atom stereocenters. The van der Waals surface area contributed by atoms with Crippen molar-refractivity contribution in [3.63, 3.8) is 0 Å². The summed E-state index contributed by atoms with van der Waals surface area (Å²) in [6, 6.07) is 15.3. The van der Waals surface area contributed by atoms with Gasteiger partial charge in [0.25, 0.3) is 0 Å². The van der Waals surface area contributed by atoms with Crippen molar-refractivity contribution in [1.29, 1.82) is 0 Å². The molecule has 0 bridgehead atoms. The molecule has 2 aromatic carbocycles. The van der Waals surface area contributed by atoms with Gasteiger partial charge in [0.05, 0.1) is 0 Å². The van der Waals surface area contributed by atoms with Gasteiger partial charge in [0.15, 0.2) is 0 Å². The van der Waals surface area contributed by atoms with Crippen molar-refractivity contribution in [3.05, 3.63) is 72.3 Å². The second-order valence-corrected chi connectivity index (χ2v) is 4.77. The quantitative estimate of drug-likeness (QED) is 0.476. The summed E-state index contributed by atoms with van der Waals surface area (Å²) in [7, 11) is 0. The molecule has 0 spiro atoms. The predicted molar refractivity (Wildman–Crippen MR) is 84.1 cm³/mol. The van der Waals surface area contributed by atoms with Crippen LogP contribution in [0.5, 0.6) is 11.5 Å². The molecular weight excluding hydrogens is 296 g/mol. The average Bonchev–Trinajstić information content (AvgIpc) is 2.53. The van der Waals surface area contributed by atoms with E-state index < -0.39 is 12.1 Å². The third-order valence-corrected chi connectivity index (χ3v) is 2.76. The Morgan fingerprint density at radius 1 is 0.957 bits per heavy atom. The fourth-order valence-electron chi connectivity index (χ4n) is 1.67. The molecule has 0 saturated heterocycles. The van der Waals surface area contributed by atoms with Gasteiger partial charge in [-0.25, -0.2) is 9.59 Å². The lowest BCUT2D eigenvalue weighted by Gasteiger charge is -2.08. The third-order valence-electron chi connectivity index (χ3n) is 2.76. The van der Waals surface area contributed by atoms with Crippen LogP contribution in [-0.2, 0) is 16.1 Å². The highest BCUT2D eigenvalue weighted by molar-refractivity contribution is 5.86. The summed E-state index contributed by atoms with van der Waals surface area (Å²) in [4.78, 5) is 23.1. The van der Waals surface area contributed by atoms with Gasteiger partial charge in [0.1, 0.15) is 18.1 Å². The first-order chi connectivity index (χ1) is 11.0. The molecule has 23 heavy (non-hydrogen) atoms. The highest BCUT2D eigenvalue weighted by Crippen LogP contribution is 2.16. The van der Waals surface area contributed by atoms with E-state index in [-0.39, 0.29) is 6.61 Å². The largest absolute Gasteiger partial charge is 0.519 e. The van der Waals surface area contributed by atoms with Crippen molar-refractivity contribution in [2.75, 3.05) is 0 Å². The number of ether oxygens (including phenoxy) is 3. The minimum absolute atomic E-state index is 0.0661. The maximum absolute atomic E-state index is 11.7. The summed E-state index contributed by atoms with van der Waals surface area (Å²) in [6.07, 6.45) is -0.840. The molecule has 0 aliphatic carbocycles. The molecule has 0 fully saturated rings. The molecule has 0 unspecified atom stereocenters. The van der Waals surface area contributed by atoms with Gasteiger partial charge in [-0.2, -0.15) is 0 Å². The Hall–Kier alpha value is -3.08. The standard InChI is InChI=1S/C18H16O5/c1-13(2)17(19)21-12-14-7-6-10-16(11-14)23-18(20)22-15-8-4-3-5-9-15/h3-11H,1,12H2,2H3. The first kappa shape index (κ1) is 16.3. The van der Waals surface area contributed by atoms with Gasteiger partial charge in [-0.3, -0.25) is 0 Å². The maximum atomic E-state index is 11.7. The molecule has 5 heteroatoms. The van der Waals surface area contributed by atoms with Crippen LogP contribution in [0, 0.1) is 0 Å². The second-order valence-electron chi connectivity index (χ2n) is 4.77. The van der Waals surface area contributed by atoms with Gasteiger partial charge < -0.3 is 14.2 Å². The van der Waals surface area contributed by atoms with Crippen molar-refractivity contribution in [1.82, 2.24) is 0 Å². The molecule has 118 valence electrons. The van der Waals surface area contributed by atoms with E-state index in [0.717, 1.165) is 0 Å². The van der Waals surface area contributed by atoms with Gasteiger partial charge in [-0.15, -0.1) is 0 Å². The van der Waals surface area contributed by atoms with Crippen molar-refractivity contribution in [3.8, 4) is 11.5 Å². The Morgan fingerprint density at radius 2 is 1.61 bits per heavy atom. The van der Waals surface area contributed by atoms with Crippen LogP contribution in [0.15, 0.2) is 66.7 Å². The number of rotatable bonds is 5. The van der Waals surface area contributed by atoms with E-state index in [1.54, 1.807) is 55.5 Å². The second kappa shape index (κ2) is 7.79. The van der Waals surface area contributed by atoms with Crippen LogP contribution in [-0.4, -0.2) is 12.1 Å². The SMILES string of the molecule is C=C(C)C(=O)OCc1cccc(OC(=O)Oc2ccccc2)c1. The lowest BCUT2D eigenvalue weighted by molar-refractivity contribution is -0.140. The molecule has 0 aromatic heterocycles. The van der Waals surface area contributed by atoms with E-state index in [2.05, 4.69) is 6.58 Å². The number of hydrogen-bond donors (Lipinski definition) is 0. The zero-order chi connectivity index (χ0) is 16.7. The van der Waals surface area contributed by atoms with Crippen molar-refractivity contribution >= 4 is 12.1 Å². The van der Waals surface area contributed by atoms with Crippen molar-refractivity contribution < 1.29 is 23.8 Å². The zero-order valence-electron chi connectivity index (χ0n) is 12.7. The number of carbonyl (C=O) groups excluding carboxylic acids is 2. The summed E-state index contributed by atoms with van der Waals surface area (Å²) >= 11 is 0. The Kier molecular flexibility index (Phi) is 5.52. The molecule has 2 aromatic rings. The summed E-state index contributed by atoms with van der Waals surface area (Å²) in [6.45, 7) is 5.14. The van der Waals surface area contributed by atoms with Crippen LogP contribution < -0.4 is 9.47 Å². The Balaban J connectivity index is 1.93. The molecule has 2 rings (SSSR count). The molecule has 0 aliphatic rings. The minimum atomic E-state index is -0.840. The molecule has 0 heterocycles. The van der Waals surface area contributed by atoms with Crippen LogP contribution in [0.1, 0.15) is 12.5 Å².